The van der Waals surface area contributed by atoms with Crippen LogP contribution >= 0.6 is 11.3 Å². The number of thiazole rings is 1. The summed E-state index contributed by atoms with van der Waals surface area (Å²) in [6.45, 7) is 7.44. The van der Waals surface area contributed by atoms with Crippen molar-refractivity contribution in [1.82, 2.24) is 20.2 Å². The van der Waals surface area contributed by atoms with Crippen LogP contribution in [0.15, 0.2) is 23.2 Å². The molecule has 2 aliphatic heterocycles. The molecule has 204 valence electrons. The Morgan fingerprint density at radius 2 is 2.05 bits per heavy atom. The van der Waals surface area contributed by atoms with Crippen LogP contribution in [0.25, 0.3) is 0 Å². The molecule has 2 aromatic heterocycles. The van der Waals surface area contributed by atoms with Gasteiger partial charge in [0.1, 0.15) is 6.04 Å². The van der Waals surface area contributed by atoms with E-state index in [1.54, 1.807) is 6.92 Å². The molecule has 1 amide bonds. The molecule has 2 N–H and O–H groups in total. The zero-order chi connectivity index (χ0) is 27.0. The van der Waals surface area contributed by atoms with E-state index in [0.29, 0.717) is 36.9 Å². The third-order valence-corrected chi connectivity index (χ3v) is 9.60. The zero-order valence-corrected chi connectivity index (χ0v) is 22.6. The van der Waals surface area contributed by atoms with Gasteiger partial charge in [0.05, 0.1) is 28.8 Å². The fraction of sp³-hybridized carbons (Fsp3) is 0.625. The van der Waals surface area contributed by atoms with E-state index in [9.17, 15) is 26.4 Å². The third kappa shape index (κ3) is 6.50. The number of rotatable bonds is 8. The topological polar surface area (TPSA) is 104 Å². The Bertz CT molecular complexity index is 1210. The predicted molar refractivity (Wildman–Crippen MR) is 135 cm³/mol. The first-order valence-electron chi connectivity index (χ1n) is 12.4. The molecule has 0 unspecified atom stereocenters. The zero-order valence-electron chi connectivity index (χ0n) is 21.0. The SMILES string of the molecule is CCS(=O)(=O)c1ccc(CC(=O)Nc2nc3c(s2)CN(C[C@@H]2CC[C@@H](C(F)(F)F)NC2)[C@H]3C(C)C)nc1. The molecule has 8 nitrogen and oxygen atoms in total. The van der Waals surface area contributed by atoms with E-state index in [1.165, 1.54) is 29.7 Å². The van der Waals surface area contributed by atoms with Gasteiger partial charge in [-0.25, -0.2) is 13.4 Å². The van der Waals surface area contributed by atoms with E-state index in [2.05, 4.69) is 34.4 Å². The van der Waals surface area contributed by atoms with E-state index in [0.717, 1.165) is 10.6 Å². The molecule has 4 heterocycles. The minimum atomic E-state index is -4.21. The van der Waals surface area contributed by atoms with Gasteiger partial charge in [0.25, 0.3) is 0 Å². The summed E-state index contributed by atoms with van der Waals surface area (Å²) in [7, 11) is -3.35. The quantitative estimate of drug-likeness (QED) is 0.505. The van der Waals surface area contributed by atoms with Gasteiger partial charge in [0.15, 0.2) is 15.0 Å². The highest BCUT2D eigenvalue weighted by molar-refractivity contribution is 7.91. The van der Waals surface area contributed by atoms with Crippen LogP contribution in [-0.4, -0.2) is 60.3 Å². The van der Waals surface area contributed by atoms with Crippen LogP contribution in [0.4, 0.5) is 18.3 Å². The van der Waals surface area contributed by atoms with E-state index in [-0.39, 0.29) is 47.3 Å². The summed E-state index contributed by atoms with van der Waals surface area (Å²) in [5, 5.41) is 5.98. The van der Waals surface area contributed by atoms with Gasteiger partial charge in [0, 0.05) is 29.9 Å². The van der Waals surface area contributed by atoms with Crippen molar-refractivity contribution in [2.24, 2.45) is 11.8 Å². The maximum Gasteiger partial charge on any atom is 0.403 e. The monoisotopic (exact) mass is 559 g/mol. The molecule has 3 atom stereocenters. The molecular formula is C24H32F3N5O3S2. The van der Waals surface area contributed by atoms with Gasteiger partial charge in [-0.3, -0.25) is 14.7 Å². The Hall–Kier alpha value is -2.09. The first kappa shape index (κ1) is 27.9. The lowest BCUT2D eigenvalue weighted by atomic mass is 9.93. The Morgan fingerprint density at radius 3 is 2.62 bits per heavy atom. The van der Waals surface area contributed by atoms with Gasteiger partial charge in [-0.05, 0) is 43.4 Å². The molecule has 2 aliphatic rings. The van der Waals surface area contributed by atoms with Crippen molar-refractivity contribution in [2.45, 2.75) is 69.7 Å². The summed E-state index contributed by atoms with van der Waals surface area (Å²) >= 11 is 1.41. The number of pyridine rings is 1. The van der Waals surface area contributed by atoms with Gasteiger partial charge in [0.2, 0.25) is 5.91 Å². The second kappa shape index (κ2) is 11.0. The molecule has 2 aromatic rings. The lowest BCUT2D eigenvalue weighted by Gasteiger charge is -2.35. The fourth-order valence-electron chi connectivity index (χ4n) is 5.01. The highest BCUT2D eigenvalue weighted by Gasteiger charge is 2.43. The highest BCUT2D eigenvalue weighted by atomic mass is 32.2. The summed E-state index contributed by atoms with van der Waals surface area (Å²) in [6, 6.07) is 1.61. The lowest BCUT2D eigenvalue weighted by Crippen LogP contribution is -2.49. The first-order valence-corrected chi connectivity index (χ1v) is 14.9. The van der Waals surface area contributed by atoms with Crippen molar-refractivity contribution in [3.05, 3.63) is 34.6 Å². The summed E-state index contributed by atoms with van der Waals surface area (Å²) in [5.41, 5.74) is 1.37. The highest BCUT2D eigenvalue weighted by Crippen LogP contribution is 2.43. The van der Waals surface area contributed by atoms with Crippen LogP contribution in [0.3, 0.4) is 0 Å². The molecule has 0 spiro atoms. The van der Waals surface area contributed by atoms with Crippen LogP contribution in [0.5, 0.6) is 0 Å². The number of sulfone groups is 1. The van der Waals surface area contributed by atoms with Crippen molar-refractivity contribution in [3.8, 4) is 0 Å². The van der Waals surface area contributed by atoms with E-state index in [4.69, 9.17) is 4.98 Å². The van der Waals surface area contributed by atoms with Gasteiger partial charge in [-0.2, -0.15) is 13.2 Å². The molecule has 1 fully saturated rings. The van der Waals surface area contributed by atoms with E-state index >= 15 is 0 Å². The maximum atomic E-state index is 13.0. The number of anilines is 1. The van der Waals surface area contributed by atoms with Crippen LogP contribution in [-0.2, 0) is 27.6 Å². The molecule has 0 aliphatic carbocycles. The van der Waals surface area contributed by atoms with Gasteiger partial charge < -0.3 is 10.6 Å². The van der Waals surface area contributed by atoms with Gasteiger partial charge in [-0.15, -0.1) is 11.3 Å². The Kier molecular flexibility index (Phi) is 8.27. The lowest BCUT2D eigenvalue weighted by molar-refractivity contribution is -0.162. The number of hydrogen-bond donors (Lipinski definition) is 2. The molecule has 0 radical (unpaired) electrons. The first-order chi connectivity index (χ1) is 17.4. The van der Waals surface area contributed by atoms with E-state index in [1.807, 2.05) is 0 Å². The number of hydrogen-bond acceptors (Lipinski definition) is 8. The number of amides is 1. The average Bonchev–Trinajstić information content (AvgIpc) is 3.35. The average molecular weight is 560 g/mol. The van der Waals surface area contributed by atoms with Crippen LogP contribution in [0.2, 0.25) is 0 Å². The number of carbonyl (C=O) groups excluding carboxylic acids is 1. The molecule has 13 heteroatoms. The number of nitrogens with one attached hydrogen (secondary N) is 2. The Labute approximate surface area is 219 Å². The number of carbonyl (C=O) groups is 1. The van der Waals surface area contributed by atoms with E-state index < -0.39 is 22.1 Å². The summed E-state index contributed by atoms with van der Waals surface area (Å²) < 4.78 is 62.8. The Balaban J connectivity index is 1.35. The van der Waals surface area contributed by atoms with Gasteiger partial charge >= 0.3 is 6.18 Å². The standard InChI is InChI=1S/C24H32F3N5O3S2/c1-4-37(34,35)17-7-6-16(28-11-17)9-20(33)30-23-31-21-18(36-23)13-32(22(21)14(2)3)12-15-5-8-19(29-10-15)24(25,26)27/h6-7,11,14-15,19,22,29H,4-5,8-10,12-13H2,1-3H3,(H,30,31,33)/t15-,19+,22+/m1/s1. The number of fused-ring (bicyclic) bond motifs is 1. The number of alkyl halides is 3. The molecule has 0 bridgehead atoms. The van der Waals surface area contributed by atoms with Crippen molar-refractivity contribution >= 4 is 32.2 Å². The van der Waals surface area contributed by atoms with Crippen LogP contribution in [0.1, 0.15) is 55.9 Å². The second-order valence-electron chi connectivity index (χ2n) is 10.0. The molecule has 0 saturated carbocycles. The van der Waals surface area contributed by atoms with Crippen molar-refractivity contribution in [2.75, 3.05) is 24.2 Å². The van der Waals surface area contributed by atoms with Crippen LogP contribution in [0, 0.1) is 11.8 Å². The second-order valence-corrected chi connectivity index (χ2v) is 13.4. The number of piperidine rings is 1. The number of nitrogens with zero attached hydrogens (tertiary/aromatic N) is 3. The molecule has 37 heavy (non-hydrogen) atoms. The molecular weight excluding hydrogens is 527 g/mol. The fourth-order valence-corrected chi connectivity index (χ4v) is 6.87. The van der Waals surface area contributed by atoms with Crippen LogP contribution < -0.4 is 10.6 Å². The number of halogens is 3. The largest absolute Gasteiger partial charge is 0.403 e. The summed E-state index contributed by atoms with van der Waals surface area (Å²) in [4.78, 5) is 24.9. The number of aromatic nitrogens is 2. The Morgan fingerprint density at radius 1 is 1.30 bits per heavy atom. The smallest absolute Gasteiger partial charge is 0.306 e. The van der Waals surface area contributed by atoms with Crippen molar-refractivity contribution < 1.29 is 26.4 Å². The molecule has 0 aromatic carbocycles. The molecule has 4 rings (SSSR count). The minimum Gasteiger partial charge on any atom is -0.306 e. The third-order valence-electron chi connectivity index (χ3n) is 6.91. The van der Waals surface area contributed by atoms with Crippen molar-refractivity contribution in [3.63, 3.8) is 0 Å². The molecule has 1 saturated heterocycles. The summed E-state index contributed by atoms with van der Waals surface area (Å²) in [5.74, 6) is 0.0675. The predicted octanol–water partition coefficient (Wildman–Crippen LogP) is 3.96. The maximum absolute atomic E-state index is 13.0. The van der Waals surface area contributed by atoms with Gasteiger partial charge in [-0.1, -0.05) is 20.8 Å². The summed E-state index contributed by atoms with van der Waals surface area (Å²) in [6.07, 6.45) is -2.32. The van der Waals surface area contributed by atoms with Crippen molar-refractivity contribution in [1.29, 1.82) is 0 Å². The normalized spacial score (nSPS) is 22.8. The minimum absolute atomic E-state index is 0.00989.